The highest BCUT2D eigenvalue weighted by atomic mass is 79.9. The van der Waals surface area contributed by atoms with E-state index in [0.717, 1.165) is 29.2 Å². The van der Waals surface area contributed by atoms with Gasteiger partial charge in [0.2, 0.25) is 0 Å². The van der Waals surface area contributed by atoms with E-state index in [-0.39, 0.29) is 5.75 Å². The van der Waals surface area contributed by atoms with Gasteiger partial charge >= 0.3 is 0 Å². The SMILES string of the molecule is COc1c(Br)cc(C)cc1Br.Cc1cc(Br)c(O)c(Br)c1.[2H]CF. The molecular weight excluding hydrogens is 563 g/mol. The highest BCUT2D eigenvalue weighted by Crippen LogP contribution is 2.34. The number of halogens is 5. The lowest BCUT2D eigenvalue weighted by Gasteiger charge is -2.06. The molecule has 0 saturated carbocycles. The summed E-state index contributed by atoms with van der Waals surface area (Å²) in [5.74, 6) is 1.10. The molecule has 23 heavy (non-hydrogen) atoms. The number of aryl methyl sites for hydroxylation is 2. The first-order valence-corrected chi connectivity index (χ1v) is 9.34. The summed E-state index contributed by atoms with van der Waals surface area (Å²) in [5.41, 5.74) is 2.31. The first-order valence-electron chi connectivity index (χ1n) is 6.88. The van der Waals surface area contributed by atoms with Gasteiger partial charge in [0.15, 0.2) is 0 Å². The number of methoxy groups -OCH3 is 1. The van der Waals surface area contributed by atoms with Crippen molar-refractivity contribution < 1.29 is 15.6 Å². The molecule has 0 heterocycles. The second-order valence-electron chi connectivity index (χ2n) is 4.34. The third kappa shape index (κ3) is 7.54. The Morgan fingerprint density at radius 3 is 1.52 bits per heavy atom. The molecule has 0 spiro atoms. The smallest absolute Gasteiger partial charge is 0.147 e. The molecule has 0 aromatic heterocycles. The molecule has 1 N–H and O–H groups in total. The van der Waals surface area contributed by atoms with Gasteiger partial charge in [-0.3, -0.25) is 4.39 Å². The summed E-state index contributed by atoms with van der Waals surface area (Å²) < 4.78 is 24.0. The van der Waals surface area contributed by atoms with Gasteiger partial charge in [-0.25, -0.2) is 0 Å². The Labute approximate surface area is 171 Å². The average Bonchev–Trinajstić information content (AvgIpc) is 2.45. The lowest BCUT2D eigenvalue weighted by molar-refractivity contribution is 0.409. The summed E-state index contributed by atoms with van der Waals surface area (Å²) in [5, 5.41) is 9.24. The summed E-state index contributed by atoms with van der Waals surface area (Å²) in [7, 11) is 0.653. The minimum absolute atomic E-state index is 0.255. The van der Waals surface area contributed by atoms with E-state index in [9.17, 15) is 9.50 Å². The summed E-state index contributed by atoms with van der Waals surface area (Å²) in [6.07, 6.45) is 0. The standard InChI is InChI=1S/C8H8Br2O.C7H6Br2O.CH3F/c1-5-3-6(9)8(11-2)7(10)4-5;1-4-2-5(8)7(10)6(9)3-4;1-2/h3-4H,1-2H3;2-3,10H,1H3;1H3/i;;1D. The Bertz CT molecular complexity index is 623. The van der Waals surface area contributed by atoms with Gasteiger partial charge in [-0.05, 0) is 113 Å². The first-order chi connectivity index (χ1) is 11.2. The molecule has 2 rings (SSSR count). The predicted octanol–water partition coefficient (Wildman–Crippen LogP) is 7.34. The fourth-order valence-corrected chi connectivity index (χ4v) is 4.73. The van der Waals surface area contributed by atoms with Crippen LogP contribution in [0.1, 0.15) is 12.5 Å². The largest absolute Gasteiger partial charge is 0.506 e. The van der Waals surface area contributed by atoms with Crippen LogP contribution in [0.2, 0.25) is 0 Å². The Kier molecular flexibility index (Phi) is 10.4. The van der Waals surface area contributed by atoms with E-state index in [1.165, 1.54) is 5.56 Å². The van der Waals surface area contributed by atoms with E-state index in [1.807, 2.05) is 38.1 Å². The summed E-state index contributed by atoms with van der Waals surface area (Å²) >= 11 is 13.2. The van der Waals surface area contributed by atoms with E-state index in [2.05, 4.69) is 63.7 Å². The molecule has 0 unspecified atom stereocenters. The van der Waals surface area contributed by atoms with E-state index in [4.69, 9.17) is 6.11 Å². The van der Waals surface area contributed by atoms with Crippen LogP contribution in [-0.2, 0) is 0 Å². The highest BCUT2D eigenvalue weighted by molar-refractivity contribution is 9.11. The van der Waals surface area contributed by atoms with Gasteiger partial charge in [0.05, 0.1) is 33.5 Å². The topological polar surface area (TPSA) is 29.5 Å². The molecule has 0 saturated heterocycles. The quantitative estimate of drug-likeness (QED) is 0.382. The maximum atomic E-state index is 9.96. The number of ether oxygens (including phenoxy) is 1. The van der Waals surface area contributed by atoms with E-state index in [1.54, 1.807) is 7.11 Å². The molecular formula is C16H17Br4FO2. The average molecular weight is 581 g/mol. The Hall–Kier alpha value is -0.110. The van der Waals surface area contributed by atoms with Crippen molar-refractivity contribution in [3.8, 4) is 11.5 Å². The highest BCUT2D eigenvalue weighted by Gasteiger charge is 2.04. The molecule has 0 bridgehead atoms. The summed E-state index contributed by atoms with van der Waals surface area (Å²) in [6.45, 7) is 4.00. The van der Waals surface area contributed by atoms with Crippen molar-refractivity contribution in [2.75, 3.05) is 14.3 Å². The van der Waals surface area contributed by atoms with Gasteiger partial charge < -0.3 is 9.84 Å². The number of rotatable bonds is 1. The number of phenols is 1. The number of hydrogen-bond acceptors (Lipinski definition) is 2. The fraction of sp³-hybridized carbons (Fsp3) is 0.250. The van der Waals surface area contributed by atoms with Crippen LogP contribution in [-0.4, -0.2) is 19.4 Å². The van der Waals surface area contributed by atoms with Crippen LogP contribution < -0.4 is 4.74 Å². The van der Waals surface area contributed by atoms with E-state index in [0.29, 0.717) is 0 Å². The van der Waals surface area contributed by atoms with Gasteiger partial charge in [-0.2, -0.15) is 0 Å². The normalized spacial score (nSPS) is 9.83. The Balaban J connectivity index is 0.000000381. The van der Waals surface area contributed by atoms with Crippen LogP contribution >= 0.6 is 63.7 Å². The zero-order chi connectivity index (χ0) is 18.9. The number of phenolic OH excluding ortho intramolecular Hbond substituents is 1. The number of benzene rings is 2. The first kappa shape index (κ1) is 20.9. The third-order valence-corrected chi connectivity index (χ3v) is 4.90. The van der Waals surface area contributed by atoms with Crippen molar-refractivity contribution in [2.45, 2.75) is 13.8 Å². The fourth-order valence-electron chi connectivity index (χ4n) is 1.57. The van der Waals surface area contributed by atoms with Crippen LogP contribution in [0.25, 0.3) is 0 Å². The van der Waals surface area contributed by atoms with Crippen molar-refractivity contribution in [3.05, 3.63) is 53.3 Å². The molecule has 0 aliphatic rings. The number of aromatic hydroxyl groups is 1. The van der Waals surface area contributed by atoms with Gasteiger partial charge in [0.1, 0.15) is 11.5 Å². The summed E-state index contributed by atoms with van der Waals surface area (Å²) in [4.78, 5) is 0. The van der Waals surface area contributed by atoms with Gasteiger partial charge in [0.25, 0.3) is 0 Å². The van der Waals surface area contributed by atoms with Gasteiger partial charge in [-0.1, -0.05) is 0 Å². The predicted molar refractivity (Wildman–Crippen MR) is 108 cm³/mol. The lowest BCUT2D eigenvalue weighted by Crippen LogP contribution is -1.86. The Morgan fingerprint density at radius 1 is 0.913 bits per heavy atom. The second kappa shape index (κ2) is 11.4. The minimum atomic E-state index is -1.00. The van der Waals surface area contributed by atoms with Crippen LogP contribution in [0.4, 0.5) is 4.39 Å². The van der Waals surface area contributed by atoms with Crippen LogP contribution in [0.5, 0.6) is 11.5 Å². The van der Waals surface area contributed by atoms with Crippen LogP contribution in [0, 0.1) is 13.8 Å². The molecule has 2 aromatic carbocycles. The van der Waals surface area contributed by atoms with E-state index < -0.39 is 7.15 Å². The van der Waals surface area contributed by atoms with E-state index >= 15 is 0 Å². The van der Waals surface area contributed by atoms with Crippen molar-refractivity contribution in [1.82, 2.24) is 0 Å². The zero-order valence-electron chi connectivity index (χ0n) is 13.8. The van der Waals surface area contributed by atoms with Crippen molar-refractivity contribution >= 4 is 63.7 Å². The minimum Gasteiger partial charge on any atom is -0.506 e. The maximum Gasteiger partial charge on any atom is 0.147 e. The Morgan fingerprint density at radius 2 is 1.22 bits per heavy atom. The molecule has 0 amide bonds. The molecule has 2 aromatic rings. The van der Waals surface area contributed by atoms with Crippen LogP contribution in [0.15, 0.2) is 42.2 Å². The molecule has 0 aliphatic heterocycles. The van der Waals surface area contributed by atoms with Crippen molar-refractivity contribution in [3.63, 3.8) is 0 Å². The molecule has 0 fully saturated rings. The molecule has 128 valence electrons. The molecule has 0 aliphatic carbocycles. The van der Waals surface area contributed by atoms with Crippen LogP contribution in [0.3, 0.4) is 0 Å². The molecule has 0 atom stereocenters. The zero-order valence-corrected chi connectivity index (χ0v) is 19.1. The third-order valence-electron chi connectivity index (χ3n) is 2.51. The molecule has 7 heteroatoms. The van der Waals surface area contributed by atoms with Gasteiger partial charge in [-0.15, -0.1) is 0 Å². The maximum absolute atomic E-state index is 9.96. The van der Waals surface area contributed by atoms with Crippen molar-refractivity contribution in [1.29, 1.82) is 0 Å². The summed E-state index contributed by atoms with van der Waals surface area (Å²) in [6, 6.07) is 7.76. The number of hydrogen-bond donors (Lipinski definition) is 1. The number of alkyl halides is 1. The molecule has 0 radical (unpaired) electrons. The van der Waals surface area contributed by atoms with Crippen molar-refractivity contribution in [2.24, 2.45) is 0 Å². The second-order valence-corrected chi connectivity index (χ2v) is 7.76. The monoisotopic (exact) mass is 577 g/mol. The lowest BCUT2D eigenvalue weighted by atomic mass is 10.2. The van der Waals surface area contributed by atoms with Gasteiger partial charge in [0, 0.05) is 0 Å². The molecule has 2 nitrogen and oxygen atoms in total.